The van der Waals surface area contributed by atoms with E-state index in [0.29, 0.717) is 17.4 Å². The third-order valence-electron chi connectivity index (χ3n) is 3.01. The molecule has 0 atom stereocenters. The van der Waals surface area contributed by atoms with Gasteiger partial charge in [0.15, 0.2) is 6.61 Å². The maximum absolute atomic E-state index is 11.7. The highest BCUT2D eigenvalue weighted by atomic mass is 16.5. The van der Waals surface area contributed by atoms with Crippen LogP contribution in [0.25, 0.3) is 0 Å². The number of hydrogen-bond acceptors (Lipinski definition) is 2. The van der Waals surface area contributed by atoms with Gasteiger partial charge < -0.3 is 10.1 Å². The maximum Gasteiger partial charge on any atom is 0.258 e. The minimum atomic E-state index is -0.0998. The quantitative estimate of drug-likeness (QED) is 0.452. The van der Waals surface area contributed by atoms with E-state index in [9.17, 15) is 4.79 Å². The van der Waals surface area contributed by atoms with Gasteiger partial charge in [-0.3, -0.25) is 4.79 Å². The van der Waals surface area contributed by atoms with Gasteiger partial charge in [-0.05, 0) is 25.0 Å². The van der Waals surface area contributed by atoms with Crippen LogP contribution in [0.2, 0.25) is 0 Å². The Labute approximate surface area is 115 Å². The van der Waals surface area contributed by atoms with Crippen molar-refractivity contribution in [2.45, 2.75) is 38.1 Å². The second-order valence-electron chi connectivity index (χ2n) is 4.66. The normalized spacial score (nSPS) is 15.7. The first-order valence-corrected chi connectivity index (χ1v) is 6.56. The van der Waals surface area contributed by atoms with E-state index < -0.39 is 0 Å². The zero-order valence-corrected chi connectivity index (χ0v) is 11.3. The summed E-state index contributed by atoms with van der Waals surface area (Å²) in [5, 5.41) is 2.97. The van der Waals surface area contributed by atoms with Crippen LogP contribution in [0.4, 0.5) is 0 Å². The molecular weight excluding hydrogens is 238 g/mol. The zero-order chi connectivity index (χ0) is 14.1. The van der Waals surface area contributed by atoms with E-state index in [-0.39, 0.29) is 12.5 Å². The van der Waals surface area contributed by atoms with Crippen LogP contribution in [0, 0.1) is 12.3 Å². The molecule has 3 nitrogen and oxygen atoms in total. The van der Waals surface area contributed by atoms with Gasteiger partial charge >= 0.3 is 0 Å². The van der Waals surface area contributed by atoms with E-state index in [1.54, 1.807) is 12.2 Å². The SMILES string of the molecule is C#CC(=C)/C=C\C(=C)OCC(=O)NC1CCCCC1. The molecule has 0 radical (unpaired) electrons. The Morgan fingerprint density at radius 1 is 1.32 bits per heavy atom. The lowest BCUT2D eigenvalue weighted by Gasteiger charge is -2.22. The van der Waals surface area contributed by atoms with Gasteiger partial charge in [0.05, 0.1) is 0 Å². The molecule has 1 fully saturated rings. The van der Waals surface area contributed by atoms with Gasteiger partial charge in [-0.25, -0.2) is 0 Å². The first-order chi connectivity index (χ1) is 9.11. The van der Waals surface area contributed by atoms with Crippen molar-refractivity contribution in [1.82, 2.24) is 5.32 Å². The molecule has 0 aromatic rings. The first-order valence-electron chi connectivity index (χ1n) is 6.56. The highest BCUT2D eigenvalue weighted by Gasteiger charge is 2.15. The second-order valence-corrected chi connectivity index (χ2v) is 4.66. The molecule has 1 N–H and O–H groups in total. The Bertz CT molecular complexity index is 409. The summed E-state index contributed by atoms with van der Waals surface area (Å²) in [6.07, 6.45) is 14.2. The fourth-order valence-electron chi connectivity index (χ4n) is 1.96. The van der Waals surface area contributed by atoms with Crippen LogP contribution in [-0.2, 0) is 9.53 Å². The predicted octanol–water partition coefficient (Wildman–Crippen LogP) is 2.71. The van der Waals surface area contributed by atoms with Crippen molar-refractivity contribution < 1.29 is 9.53 Å². The average Bonchev–Trinajstić information content (AvgIpc) is 2.43. The van der Waals surface area contributed by atoms with Crippen LogP contribution in [0.5, 0.6) is 0 Å². The fraction of sp³-hybridized carbons (Fsp3) is 0.438. The van der Waals surface area contributed by atoms with Gasteiger partial charge in [-0.15, -0.1) is 6.42 Å². The zero-order valence-electron chi connectivity index (χ0n) is 11.3. The number of carbonyl (C=O) groups is 1. The molecule has 3 heteroatoms. The molecule has 1 amide bonds. The molecular formula is C16H21NO2. The first kappa shape index (κ1) is 15.1. The predicted molar refractivity (Wildman–Crippen MR) is 77.2 cm³/mol. The fourth-order valence-corrected chi connectivity index (χ4v) is 1.96. The number of allylic oxidation sites excluding steroid dienone is 3. The van der Waals surface area contributed by atoms with Gasteiger partial charge in [-0.1, -0.05) is 38.3 Å². The largest absolute Gasteiger partial charge is 0.484 e. The Hall–Kier alpha value is -1.95. The minimum absolute atomic E-state index is 0.0117. The molecule has 1 saturated carbocycles. The number of carbonyl (C=O) groups excluding carboxylic acids is 1. The Kier molecular flexibility index (Phi) is 6.52. The lowest BCUT2D eigenvalue weighted by Crippen LogP contribution is -2.38. The summed E-state index contributed by atoms with van der Waals surface area (Å²) in [6, 6.07) is 0.301. The number of rotatable bonds is 6. The van der Waals surface area contributed by atoms with E-state index in [4.69, 9.17) is 11.2 Å². The van der Waals surface area contributed by atoms with Crippen LogP contribution < -0.4 is 5.32 Å². The third kappa shape index (κ3) is 6.52. The molecule has 102 valence electrons. The van der Waals surface area contributed by atoms with Crippen LogP contribution in [-0.4, -0.2) is 18.6 Å². The number of ether oxygens (including phenoxy) is 1. The lowest BCUT2D eigenvalue weighted by molar-refractivity contribution is -0.125. The molecule has 0 unspecified atom stereocenters. The van der Waals surface area contributed by atoms with E-state index >= 15 is 0 Å². The van der Waals surface area contributed by atoms with Gasteiger partial charge in [0.1, 0.15) is 5.76 Å². The third-order valence-corrected chi connectivity index (χ3v) is 3.01. The summed E-state index contributed by atoms with van der Waals surface area (Å²) in [7, 11) is 0. The highest BCUT2D eigenvalue weighted by Crippen LogP contribution is 2.17. The van der Waals surface area contributed by atoms with E-state index in [1.165, 1.54) is 19.3 Å². The van der Waals surface area contributed by atoms with Crippen molar-refractivity contribution in [1.29, 1.82) is 0 Å². The highest BCUT2D eigenvalue weighted by molar-refractivity contribution is 5.77. The lowest BCUT2D eigenvalue weighted by atomic mass is 9.95. The van der Waals surface area contributed by atoms with Gasteiger partial charge in [0.25, 0.3) is 5.91 Å². The molecule has 0 aromatic carbocycles. The maximum atomic E-state index is 11.7. The summed E-state index contributed by atoms with van der Waals surface area (Å²) in [6.45, 7) is 7.29. The summed E-state index contributed by atoms with van der Waals surface area (Å²) in [5.41, 5.74) is 0.538. The molecule has 0 heterocycles. The molecule has 0 spiro atoms. The Morgan fingerprint density at radius 3 is 2.63 bits per heavy atom. The molecule has 0 aromatic heterocycles. The van der Waals surface area contributed by atoms with Crippen molar-refractivity contribution in [3.05, 3.63) is 36.6 Å². The Morgan fingerprint density at radius 2 is 2.00 bits per heavy atom. The van der Waals surface area contributed by atoms with E-state index in [1.807, 2.05) is 0 Å². The molecule has 1 aliphatic carbocycles. The van der Waals surface area contributed by atoms with Crippen LogP contribution in [0.3, 0.4) is 0 Å². The molecule has 1 rings (SSSR count). The van der Waals surface area contributed by atoms with Crippen LogP contribution in [0.15, 0.2) is 36.6 Å². The molecule has 1 aliphatic rings. The summed E-state index contributed by atoms with van der Waals surface area (Å²) < 4.78 is 5.24. The number of nitrogens with one attached hydrogen (secondary N) is 1. The van der Waals surface area contributed by atoms with Gasteiger partial charge in [0.2, 0.25) is 0 Å². The standard InChI is InChI=1S/C16H21NO2/c1-4-13(2)10-11-14(3)19-12-16(18)17-15-8-6-5-7-9-15/h1,10-11,15H,2-3,5-9,12H2,(H,17,18)/b11-10-. The molecule has 0 aliphatic heterocycles. The topological polar surface area (TPSA) is 38.3 Å². The van der Waals surface area contributed by atoms with E-state index in [0.717, 1.165) is 12.8 Å². The summed E-state index contributed by atoms with van der Waals surface area (Å²) in [4.78, 5) is 11.7. The van der Waals surface area contributed by atoms with Gasteiger partial charge in [0, 0.05) is 11.6 Å². The van der Waals surface area contributed by atoms with Crippen LogP contribution in [0.1, 0.15) is 32.1 Å². The van der Waals surface area contributed by atoms with Gasteiger partial charge in [-0.2, -0.15) is 0 Å². The van der Waals surface area contributed by atoms with Crippen molar-refractivity contribution in [3.63, 3.8) is 0 Å². The summed E-state index contributed by atoms with van der Waals surface area (Å²) >= 11 is 0. The van der Waals surface area contributed by atoms with Crippen molar-refractivity contribution in [2.75, 3.05) is 6.61 Å². The van der Waals surface area contributed by atoms with Crippen molar-refractivity contribution in [2.24, 2.45) is 0 Å². The smallest absolute Gasteiger partial charge is 0.258 e. The number of amides is 1. The monoisotopic (exact) mass is 259 g/mol. The molecule has 19 heavy (non-hydrogen) atoms. The summed E-state index contributed by atoms with van der Waals surface area (Å²) in [5.74, 6) is 2.68. The number of terminal acetylenes is 1. The average molecular weight is 259 g/mol. The van der Waals surface area contributed by atoms with E-state index in [2.05, 4.69) is 24.4 Å². The number of hydrogen-bond donors (Lipinski definition) is 1. The minimum Gasteiger partial charge on any atom is -0.484 e. The molecule has 0 saturated heterocycles. The Balaban J connectivity index is 2.22. The second kappa shape index (κ2) is 8.20. The van der Waals surface area contributed by atoms with Crippen molar-refractivity contribution >= 4 is 5.91 Å². The molecule has 0 bridgehead atoms. The van der Waals surface area contributed by atoms with Crippen molar-refractivity contribution in [3.8, 4) is 12.3 Å². The van der Waals surface area contributed by atoms with Crippen LogP contribution >= 0.6 is 0 Å².